The summed E-state index contributed by atoms with van der Waals surface area (Å²) in [6, 6.07) is 9.10. The van der Waals surface area contributed by atoms with Crippen LogP contribution in [0.4, 0.5) is 0 Å². The van der Waals surface area contributed by atoms with Crippen molar-refractivity contribution in [3.63, 3.8) is 0 Å². The van der Waals surface area contributed by atoms with Gasteiger partial charge in [-0.25, -0.2) is 4.79 Å². The maximum Gasteiger partial charge on any atom is 0.128 e. The monoisotopic (exact) mass is 335 g/mol. The summed E-state index contributed by atoms with van der Waals surface area (Å²) in [6.07, 6.45) is 10.7. The molecular formula is C22H25NO2. The summed E-state index contributed by atoms with van der Waals surface area (Å²) in [6.45, 7) is 0.997. The highest BCUT2D eigenvalue weighted by Gasteiger charge is 2.46. The maximum atomic E-state index is 11.6. The van der Waals surface area contributed by atoms with Gasteiger partial charge in [0.2, 0.25) is 0 Å². The van der Waals surface area contributed by atoms with Crippen LogP contribution in [0.1, 0.15) is 49.7 Å². The molecule has 1 aromatic carbocycles. The van der Waals surface area contributed by atoms with E-state index in [2.05, 4.69) is 47.7 Å². The zero-order valence-electron chi connectivity index (χ0n) is 14.8. The van der Waals surface area contributed by atoms with E-state index in [-0.39, 0.29) is 0 Å². The van der Waals surface area contributed by atoms with Crippen LogP contribution in [0.3, 0.4) is 0 Å². The normalized spacial score (nSPS) is 24.8. The van der Waals surface area contributed by atoms with Gasteiger partial charge < -0.3 is 10.1 Å². The molecule has 3 aliphatic rings. The van der Waals surface area contributed by atoms with Crippen LogP contribution in [0.15, 0.2) is 47.6 Å². The van der Waals surface area contributed by atoms with Gasteiger partial charge in [0.1, 0.15) is 11.5 Å². The second-order valence-corrected chi connectivity index (χ2v) is 7.24. The van der Waals surface area contributed by atoms with E-state index >= 15 is 0 Å². The number of rotatable bonds is 6. The number of hydrogen-bond donors (Lipinski definition) is 1. The van der Waals surface area contributed by atoms with Crippen molar-refractivity contribution >= 4 is 11.5 Å². The van der Waals surface area contributed by atoms with Gasteiger partial charge >= 0.3 is 0 Å². The Morgan fingerprint density at radius 3 is 2.88 bits per heavy atom. The first-order valence-corrected chi connectivity index (χ1v) is 9.34. The molecule has 1 unspecified atom stereocenters. The van der Waals surface area contributed by atoms with Crippen molar-refractivity contribution in [3.8, 4) is 0 Å². The second kappa shape index (κ2) is 6.76. The zero-order valence-corrected chi connectivity index (χ0v) is 14.8. The smallest absolute Gasteiger partial charge is 0.128 e. The Morgan fingerprint density at radius 2 is 2.16 bits per heavy atom. The number of carbonyl (C=O) groups excluding carboxylic acids is 1. The number of hydrogen-bond acceptors (Lipinski definition) is 3. The number of methoxy groups -OCH3 is 1. The van der Waals surface area contributed by atoms with Gasteiger partial charge in [-0.2, -0.15) is 0 Å². The fraction of sp³-hybridized carbons (Fsp3) is 0.455. The van der Waals surface area contributed by atoms with Crippen LogP contribution in [0, 0.1) is 0 Å². The van der Waals surface area contributed by atoms with Crippen molar-refractivity contribution < 1.29 is 9.53 Å². The molecular weight excluding hydrogens is 310 g/mol. The lowest BCUT2D eigenvalue weighted by molar-refractivity contribution is 0.0137. The molecule has 1 atom stereocenters. The number of nitrogens with one attached hydrogen (secondary N) is 1. The third-order valence-electron chi connectivity index (χ3n) is 5.95. The zero-order chi connectivity index (χ0) is 17.3. The van der Waals surface area contributed by atoms with Crippen molar-refractivity contribution in [2.75, 3.05) is 13.7 Å². The van der Waals surface area contributed by atoms with Crippen LogP contribution in [-0.2, 0) is 15.1 Å². The summed E-state index contributed by atoms with van der Waals surface area (Å²) >= 11 is 0. The first-order chi connectivity index (χ1) is 12.3. The van der Waals surface area contributed by atoms with E-state index in [9.17, 15) is 4.79 Å². The third-order valence-corrected chi connectivity index (χ3v) is 5.95. The predicted octanol–water partition coefficient (Wildman–Crippen LogP) is 3.94. The van der Waals surface area contributed by atoms with Gasteiger partial charge in [-0.3, -0.25) is 0 Å². The van der Waals surface area contributed by atoms with Crippen molar-refractivity contribution in [1.29, 1.82) is 0 Å². The van der Waals surface area contributed by atoms with Crippen LogP contribution in [-0.4, -0.2) is 25.6 Å². The van der Waals surface area contributed by atoms with E-state index in [1.807, 2.05) is 0 Å². The maximum absolute atomic E-state index is 11.6. The van der Waals surface area contributed by atoms with E-state index < -0.39 is 5.60 Å². The first-order valence-electron chi connectivity index (χ1n) is 9.34. The molecule has 1 saturated carbocycles. The lowest BCUT2D eigenvalue weighted by atomic mass is 9.80. The fourth-order valence-corrected chi connectivity index (χ4v) is 4.46. The standard InChI is InChI=1S/C22H25NO2/c1-25-22(13-6-14-23-17-8-5-9-17)20-12-3-2-10-18(20)19-11-4-7-16(15-24)21(19)22/h2-4,10-12,17,23H,5-9,13-14H2,1H3. The first kappa shape index (κ1) is 16.5. The van der Waals surface area contributed by atoms with E-state index in [1.54, 1.807) is 7.11 Å². The van der Waals surface area contributed by atoms with Gasteiger partial charge in [-0.15, -0.1) is 0 Å². The number of benzene rings is 1. The molecule has 0 heterocycles. The summed E-state index contributed by atoms with van der Waals surface area (Å²) in [7, 11) is 1.77. The Bertz CT molecular complexity index is 781. The van der Waals surface area contributed by atoms with Crippen LogP contribution >= 0.6 is 0 Å². The average molecular weight is 335 g/mol. The second-order valence-electron chi connectivity index (χ2n) is 7.24. The molecule has 4 rings (SSSR count). The Kier molecular flexibility index (Phi) is 4.47. The largest absolute Gasteiger partial charge is 0.369 e. The molecule has 1 fully saturated rings. The number of ether oxygens (including phenoxy) is 1. The summed E-state index contributed by atoms with van der Waals surface area (Å²) in [5.74, 6) is 2.19. The molecule has 130 valence electrons. The fourth-order valence-electron chi connectivity index (χ4n) is 4.46. The van der Waals surface area contributed by atoms with Crippen molar-refractivity contribution in [1.82, 2.24) is 5.32 Å². The predicted molar refractivity (Wildman–Crippen MR) is 99.9 cm³/mol. The minimum atomic E-state index is -0.523. The van der Waals surface area contributed by atoms with Crippen molar-refractivity contribution in [3.05, 3.63) is 58.7 Å². The van der Waals surface area contributed by atoms with Crippen LogP contribution in [0.2, 0.25) is 0 Å². The summed E-state index contributed by atoms with van der Waals surface area (Å²) < 4.78 is 6.15. The Labute approximate surface area is 149 Å². The highest BCUT2D eigenvalue weighted by molar-refractivity contribution is 5.92. The molecule has 25 heavy (non-hydrogen) atoms. The van der Waals surface area contributed by atoms with Gasteiger partial charge in [-0.1, -0.05) is 42.8 Å². The molecule has 0 aromatic heterocycles. The minimum Gasteiger partial charge on any atom is -0.369 e. The van der Waals surface area contributed by atoms with Crippen LogP contribution in [0.25, 0.3) is 5.57 Å². The molecule has 1 N–H and O–H groups in total. The molecule has 0 aliphatic heterocycles. The van der Waals surface area contributed by atoms with Gasteiger partial charge in [-0.05, 0) is 48.9 Å². The topological polar surface area (TPSA) is 38.3 Å². The lowest BCUT2D eigenvalue weighted by Crippen LogP contribution is -2.37. The Morgan fingerprint density at radius 1 is 1.32 bits per heavy atom. The summed E-state index contributed by atoms with van der Waals surface area (Å²) in [4.78, 5) is 11.6. The minimum absolute atomic E-state index is 0.523. The van der Waals surface area contributed by atoms with Gasteiger partial charge in [0.15, 0.2) is 0 Å². The quantitative estimate of drug-likeness (QED) is 0.632. The average Bonchev–Trinajstić information content (AvgIpc) is 2.91. The number of allylic oxidation sites excluding steroid dienone is 3. The molecule has 0 spiro atoms. The Balaban J connectivity index is 1.66. The highest BCUT2D eigenvalue weighted by atomic mass is 16.5. The molecule has 0 bridgehead atoms. The molecule has 0 radical (unpaired) electrons. The molecule has 0 amide bonds. The molecule has 1 aromatic rings. The van der Waals surface area contributed by atoms with Crippen molar-refractivity contribution in [2.24, 2.45) is 0 Å². The van der Waals surface area contributed by atoms with Crippen LogP contribution in [0.5, 0.6) is 0 Å². The SMILES string of the molecule is COC1(CCCNC2CCC2)C2=C(C=CCC2=C=O)c2ccccc21. The third kappa shape index (κ3) is 2.64. The van der Waals surface area contributed by atoms with E-state index in [0.29, 0.717) is 12.5 Å². The Hall–Kier alpha value is -1.93. The van der Waals surface area contributed by atoms with E-state index in [0.717, 1.165) is 36.1 Å². The molecule has 3 aliphatic carbocycles. The van der Waals surface area contributed by atoms with Gasteiger partial charge in [0, 0.05) is 30.7 Å². The molecule has 3 heteroatoms. The number of fused-ring (bicyclic) bond motifs is 2. The van der Waals surface area contributed by atoms with Crippen molar-refractivity contribution in [2.45, 2.75) is 50.2 Å². The highest BCUT2D eigenvalue weighted by Crippen LogP contribution is 2.54. The molecule has 3 nitrogen and oxygen atoms in total. The van der Waals surface area contributed by atoms with E-state index in [1.165, 1.54) is 30.4 Å². The van der Waals surface area contributed by atoms with Gasteiger partial charge in [0.05, 0.1) is 0 Å². The van der Waals surface area contributed by atoms with Crippen LogP contribution < -0.4 is 5.32 Å². The summed E-state index contributed by atoms with van der Waals surface area (Å²) in [5.41, 5.74) is 4.76. The van der Waals surface area contributed by atoms with Gasteiger partial charge in [0.25, 0.3) is 0 Å². The molecule has 0 saturated heterocycles. The lowest BCUT2D eigenvalue weighted by Gasteiger charge is -2.34. The summed E-state index contributed by atoms with van der Waals surface area (Å²) in [5, 5.41) is 3.64. The van der Waals surface area contributed by atoms with E-state index in [4.69, 9.17) is 4.74 Å².